The first-order chi connectivity index (χ1) is 6.88. The molecule has 0 radical (unpaired) electrons. The highest BCUT2D eigenvalue weighted by Gasteiger charge is 2.77. The zero-order valence-corrected chi connectivity index (χ0v) is 9.19. The molecule has 1 saturated heterocycles. The van der Waals surface area contributed by atoms with Gasteiger partial charge in [0.25, 0.3) is 0 Å². The van der Waals surface area contributed by atoms with Crippen LogP contribution in [0, 0.1) is 11.3 Å². The summed E-state index contributed by atoms with van der Waals surface area (Å²) in [5.41, 5.74) is -0.550. The van der Waals surface area contributed by atoms with Gasteiger partial charge in [0.2, 0.25) is 0 Å². The first kappa shape index (κ1) is 9.75. The van der Waals surface area contributed by atoms with Crippen molar-refractivity contribution in [2.45, 2.75) is 51.3 Å². The van der Waals surface area contributed by atoms with Crippen molar-refractivity contribution in [3.63, 3.8) is 0 Å². The number of carbonyl (C=O) groups excluding carboxylic acids is 1. The molecule has 1 N–H and O–H groups in total. The Morgan fingerprint density at radius 3 is 2.47 bits per heavy atom. The van der Waals surface area contributed by atoms with Crippen LogP contribution in [0.15, 0.2) is 0 Å². The minimum absolute atomic E-state index is 0.0689. The predicted molar refractivity (Wildman–Crippen MR) is 51.1 cm³/mol. The maximum absolute atomic E-state index is 11.5. The van der Waals surface area contributed by atoms with Crippen molar-refractivity contribution in [2.24, 2.45) is 11.3 Å². The van der Waals surface area contributed by atoms with Crippen LogP contribution in [0.3, 0.4) is 0 Å². The molecule has 0 amide bonds. The van der Waals surface area contributed by atoms with E-state index in [1.54, 1.807) is 6.92 Å². The molecule has 2 saturated carbocycles. The molecule has 1 heterocycles. The minimum Gasteiger partial charge on any atom is -0.389 e. The predicted octanol–water partition coefficient (Wildman–Crippen LogP) is 0.476. The Hall–Kier alpha value is -0.450. The van der Waals surface area contributed by atoms with Gasteiger partial charge < -0.3 is 14.6 Å². The normalized spacial score (nSPS) is 54.9. The highest BCUT2D eigenvalue weighted by Crippen LogP contribution is 2.67. The Morgan fingerprint density at radius 1 is 1.33 bits per heavy atom. The van der Waals surface area contributed by atoms with E-state index in [2.05, 4.69) is 0 Å². The van der Waals surface area contributed by atoms with Gasteiger partial charge in [-0.25, -0.2) is 0 Å². The standard InChI is InChI=1S/C11H16O4/c1-5(12)11-4-6(11)7-8(9(11)13)15-10(2,3)14-7/h6-9,13H,4H2,1-3H3/t6-,7+,8+,9+,11+/m1/s1. The third-order valence-electron chi connectivity index (χ3n) is 4.11. The molecule has 5 atom stereocenters. The summed E-state index contributed by atoms with van der Waals surface area (Å²) in [6.07, 6.45) is -0.349. The second-order valence-electron chi connectivity index (χ2n) is 5.42. The summed E-state index contributed by atoms with van der Waals surface area (Å²) in [7, 11) is 0. The van der Waals surface area contributed by atoms with Crippen molar-refractivity contribution in [1.29, 1.82) is 0 Å². The monoisotopic (exact) mass is 212 g/mol. The fraction of sp³-hybridized carbons (Fsp3) is 0.909. The van der Waals surface area contributed by atoms with Gasteiger partial charge in [0.15, 0.2) is 5.79 Å². The first-order valence-corrected chi connectivity index (χ1v) is 5.43. The molecule has 2 aliphatic carbocycles. The summed E-state index contributed by atoms with van der Waals surface area (Å²) in [4.78, 5) is 11.5. The largest absolute Gasteiger partial charge is 0.389 e. The number of aliphatic hydroxyl groups is 1. The molecule has 3 rings (SSSR count). The molecule has 3 aliphatic rings. The molecule has 4 nitrogen and oxygen atoms in total. The van der Waals surface area contributed by atoms with Crippen LogP contribution in [0.1, 0.15) is 27.2 Å². The number of aliphatic hydroxyl groups excluding tert-OH is 1. The van der Waals surface area contributed by atoms with Crippen LogP contribution in [-0.2, 0) is 14.3 Å². The Bertz CT molecular complexity index is 329. The zero-order valence-electron chi connectivity index (χ0n) is 9.19. The summed E-state index contributed by atoms with van der Waals surface area (Å²) in [5.74, 6) is -0.391. The molecule has 0 aromatic rings. The van der Waals surface area contributed by atoms with Gasteiger partial charge in [-0.1, -0.05) is 0 Å². The van der Waals surface area contributed by atoms with E-state index in [0.29, 0.717) is 0 Å². The second-order valence-corrected chi connectivity index (χ2v) is 5.42. The van der Waals surface area contributed by atoms with Gasteiger partial charge in [0.05, 0.1) is 17.6 Å². The van der Waals surface area contributed by atoms with Crippen molar-refractivity contribution >= 4 is 5.78 Å². The molecule has 1 aliphatic heterocycles. The third-order valence-corrected chi connectivity index (χ3v) is 4.11. The maximum atomic E-state index is 11.5. The lowest BCUT2D eigenvalue weighted by molar-refractivity contribution is -0.170. The van der Waals surface area contributed by atoms with Gasteiger partial charge in [-0.15, -0.1) is 0 Å². The number of ketones is 1. The summed E-state index contributed by atoms with van der Waals surface area (Å²) in [5, 5.41) is 10.1. The lowest BCUT2D eigenvalue weighted by Gasteiger charge is -2.23. The fourth-order valence-corrected chi connectivity index (χ4v) is 3.33. The smallest absolute Gasteiger partial charge is 0.163 e. The van der Waals surface area contributed by atoms with Crippen molar-refractivity contribution in [2.75, 3.05) is 0 Å². The molecule has 0 spiro atoms. The van der Waals surface area contributed by atoms with Gasteiger partial charge in [-0.3, -0.25) is 4.79 Å². The first-order valence-electron chi connectivity index (χ1n) is 5.43. The van der Waals surface area contributed by atoms with Gasteiger partial charge in [-0.05, 0) is 27.2 Å². The van der Waals surface area contributed by atoms with Crippen molar-refractivity contribution in [1.82, 2.24) is 0 Å². The van der Waals surface area contributed by atoms with E-state index in [1.165, 1.54) is 0 Å². The fourth-order valence-electron chi connectivity index (χ4n) is 3.33. The van der Waals surface area contributed by atoms with Crippen LogP contribution < -0.4 is 0 Å². The summed E-state index contributed by atoms with van der Waals surface area (Å²) in [6, 6.07) is 0. The summed E-state index contributed by atoms with van der Waals surface area (Å²) >= 11 is 0. The third kappa shape index (κ3) is 0.998. The van der Waals surface area contributed by atoms with Gasteiger partial charge >= 0.3 is 0 Å². The highest BCUT2D eigenvalue weighted by molar-refractivity contribution is 5.87. The number of ether oxygens (including phenoxy) is 2. The van der Waals surface area contributed by atoms with E-state index in [4.69, 9.17) is 9.47 Å². The number of hydrogen-bond donors (Lipinski definition) is 1. The number of rotatable bonds is 1. The molecule has 15 heavy (non-hydrogen) atoms. The van der Waals surface area contributed by atoms with Crippen LogP contribution in [-0.4, -0.2) is 35.0 Å². The number of Topliss-reactive ketones (excluding diaryl/α,β-unsaturated/α-hetero) is 1. The van der Waals surface area contributed by atoms with Gasteiger partial charge in [0, 0.05) is 5.92 Å². The van der Waals surface area contributed by atoms with E-state index in [9.17, 15) is 9.90 Å². The quantitative estimate of drug-likeness (QED) is 0.686. The zero-order chi connectivity index (χ0) is 11.0. The average molecular weight is 212 g/mol. The Balaban J connectivity index is 1.91. The van der Waals surface area contributed by atoms with Gasteiger partial charge in [0.1, 0.15) is 11.9 Å². The SMILES string of the molecule is CC(=O)[C@@]12C[C@@H]1[C@@H]1OC(C)(C)O[C@@H]1[C@@H]2O. The van der Waals surface area contributed by atoms with E-state index < -0.39 is 17.3 Å². The van der Waals surface area contributed by atoms with Gasteiger partial charge in [-0.2, -0.15) is 0 Å². The summed E-state index contributed by atoms with van der Waals surface area (Å²) < 4.78 is 11.4. The molecular weight excluding hydrogens is 196 g/mol. The number of carbonyl (C=O) groups is 1. The molecule has 0 aromatic carbocycles. The topological polar surface area (TPSA) is 55.8 Å². The van der Waals surface area contributed by atoms with Crippen molar-refractivity contribution in [3.05, 3.63) is 0 Å². The highest BCUT2D eigenvalue weighted by atomic mass is 16.8. The van der Waals surface area contributed by atoms with E-state index in [-0.39, 0.29) is 23.9 Å². The Morgan fingerprint density at radius 2 is 1.93 bits per heavy atom. The Labute approximate surface area is 88.6 Å². The second kappa shape index (κ2) is 2.44. The minimum atomic E-state index is -0.688. The van der Waals surface area contributed by atoms with E-state index >= 15 is 0 Å². The molecular formula is C11H16O4. The molecule has 84 valence electrons. The molecule has 0 aromatic heterocycles. The van der Waals surface area contributed by atoms with E-state index in [1.807, 2.05) is 13.8 Å². The Kier molecular flexibility index (Phi) is 1.59. The lowest BCUT2D eigenvalue weighted by Crippen LogP contribution is -2.38. The molecule has 3 fully saturated rings. The maximum Gasteiger partial charge on any atom is 0.163 e. The summed E-state index contributed by atoms with van der Waals surface area (Å²) in [6.45, 7) is 5.24. The molecule has 4 heteroatoms. The van der Waals surface area contributed by atoms with E-state index in [0.717, 1.165) is 6.42 Å². The van der Waals surface area contributed by atoms with Crippen molar-refractivity contribution in [3.8, 4) is 0 Å². The molecule has 0 bridgehead atoms. The van der Waals surface area contributed by atoms with Crippen LogP contribution in [0.25, 0.3) is 0 Å². The van der Waals surface area contributed by atoms with Crippen LogP contribution in [0.5, 0.6) is 0 Å². The van der Waals surface area contributed by atoms with Crippen LogP contribution in [0.2, 0.25) is 0 Å². The molecule has 0 unspecified atom stereocenters. The van der Waals surface area contributed by atoms with Crippen LogP contribution in [0.4, 0.5) is 0 Å². The number of hydrogen-bond acceptors (Lipinski definition) is 4. The number of fused-ring (bicyclic) bond motifs is 3. The van der Waals surface area contributed by atoms with Crippen LogP contribution >= 0.6 is 0 Å². The average Bonchev–Trinajstić information content (AvgIpc) is 2.72. The lowest BCUT2D eigenvalue weighted by atomic mass is 9.95. The van der Waals surface area contributed by atoms with Crippen molar-refractivity contribution < 1.29 is 19.4 Å².